The van der Waals surface area contributed by atoms with Gasteiger partial charge in [-0.25, -0.2) is 4.98 Å². The van der Waals surface area contributed by atoms with Gasteiger partial charge in [0.05, 0.1) is 22.5 Å². The lowest BCUT2D eigenvalue weighted by Crippen LogP contribution is -2.34. The molecule has 0 amide bonds. The standard InChI is InChI=1S/C9H14IN3O2/c1-2-11-3-7(14)5-13-6-12-4-8(10)9(13)15/h4,6-7,11,14H,2-3,5H2,1H3. The van der Waals surface area contributed by atoms with Crippen molar-refractivity contribution in [3.63, 3.8) is 0 Å². The molecule has 2 N–H and O–H groups in total. The van der Waals surface area contributed by atoms with Crippen LogP contribution in [-0.4, -0.2) is 33.9 Å². The highest BCUT2D eigenvalue weighted by Crippen LogP contribution is 1.94. The normalized spacial score (nSPS) is 12.7. The molecule has 0 aromatic carbocycles. The molecule has 0 aliphatic heterocycles. The Bertz CT molecular complexity index is 367. The SMILES string of the molecule is CCNCC(O)Cn1cncc(I)c1=O. The second-order valence-corrected chi connectivity index (χ2v) is 4.32. The van der Waals surface area contributed by atoms with Gasteiger partial charge in [0, 0.05) is 12.7 Å². The first-order valence-electron chi connectivity index (χ1n) is 4.74. The van der Waals surface area contributed by atoms with Crippen LogP contribution in [0.3, 0.4) is 0 Å². The van der Waals surface area contributed by atoms with Crippen LogP contribution >= 0.6 is 22.6 Å². The zero-order valence-corrected chi connectivity index (χ0v) is 10.6. The van der Waals surface area contributed by atoms with Crippen LogP contribution in [0.4, 0.5) is 0 Å². The van der Waals surface area contributed by atoms with Crippen molar-refractivity contribution in [2.24, 2.45) is 0 Å². The van der Waals surface area contributed by atoms with Crippen LogP contribution < -0.4 is 10.9 Å². The summed E-state index contributed by atoms with van der Waals surface area (Å²) in [4.78, 5) is 15.5. The predicted octanol–water partition coefficient (Wildman–Crippen LogP) is -0.182. The maximum absolute atomic E-state index is 11.6. The lowest BCUT2D eigenvalue weighted by atomic mass is 10.3. The Morgan fingerprint density at radius 1 is 1.73 bits per heavy atom. The highest BCUT2D eigenvalue weighted by molar-refractivity contribution is 14.1. The van der Waals surface area contributed by atoms with E-state index < -0.39 is 6.10 Å². The highest BCUT2D eigenvalue weighted by Gasteiger charge is 2.07. The van der Waals surface area contributed by atoms with Gasteiger partial charge in [-0.3, -0.25) is 9.36 Å². The number of likely N-dealkylation sites (N-methyl/N-ethyl adjacent to an activating group) is 1. The fourth-order valence-electron chi connectivity index (χ4n) is 1.16. The summed E-state index contributed by atoms with van der Waals surface area (Å²) >= 11 is 1.93. The molecule has 84 valence electrons. The van der Waals surface area contributed by atoms with Crippen molar-refractivity contribution in [2.45, 2.75) is 19.6 Å². The van der Waals surface area contributed by atoms with Crippen molar-refractivity contribution in [3.05, 3.63) is 26.4 Å². The molecule has 1 aromatic rings. The minimum Gasteiger partial charge on any atom is -0.390 e. The van der Waals surface area contributed by atoms with Crippen molar-refractivity contribution in [2.75, 3.05) is 13.1 Å². The summed E-state index contributed by atoms with van der Waals surface area (Å²) in [5.74, 6) is 0. The van der Waals surface area contributed by atoms with Gasteiger partial charge in [0.2, 0.25) is 0 Å². The summed E-state index contributed by atoms with van der Waals surface area (Å²) in [6.07, 6.45) is 2.39. The van der Waals surface area contributed by atoms with Crippen molar-refractivity contribution >= 4 is 22.6 Å². The van der Waals surface area contributed by atoms with Crippen LogP contribution in [0, 0.1) is 3.57 Å². The topological polar surface area (TPSA) is 67.2 Å². The van der Waals surface area contributed by atoms with E-state index in [2.05, 4.69) is 10.3 Å². The van der Waals surface area contributed by atoms with E-state index in [-0.39, 0.29) is 12.1 Å². The number of halogens is 1. The summed E-state index contributed by atoms with van der Waals surface area (Å²) in [7, 11) is 0. The molecular weight excluding hydrogens is 309 g/mol. The number of nitrogens with one attached hydrogen (secondary N) is 1. The molecule has 6 heteroatoms. The molecule has 0 saturated carbocycles. The molecule has 1 rings (SSSR count). The van der Waals surface area contributed by atoms with Gasteiger partial charge in [-0.1, -0.05) is 6.92 Å². The van der Waals surface area contributed by atoms with Crippen molar-refractivity contribution in [3.8, 4) is 0 Å². The number of aromatic nitrogens is 2. The van der Waals surface area contributed by atoms with E-state index in [0.29, 0.717) is 10.1 Å². The first-order chi connectivity index (χ1) is 7.15. The minimum absolute atomic E-state index is 0.110. The quantitative estimate of drug-likeness (QED) is 0.738. The zero-order chi connectivity index (χ0) is 11.3. The molecule has 0 spiro atoms. The lowest BCUT2D eigenvalue weighted by Gasteiger charge is -2.12. The fourth-order valence-corrected chi connectivity index (χ4v) is 1.63. The monoisotopic (exact) mass is 323 g/mol. The van der Waals surface area contributed by atoms with Gasteiger partial charge in [-0.15, -0.1) is 0 Å². The Kier molecular flexibility index (Phi) is 5.20. The van der Waals surface area contributed by atoms with Gasteiger partial charge >= 0.3 is 0 Å². The van der Waals surface area contributed by atoms with E-state index in [1.54, 1.807) is 0 Å². The number of aliphatic hydroxyl groups excluding tert-OH is 1. The molecule has 5 nitrogen and oxygen atoms in total. The van der Waals surface area contributed by atoms with E-state index in [0.717, 1.165) is 6.54 Å². The molecule has 1 aromatic heterocycles. The summed E-state index contributed by atoms with van der Waals surface area (Å²) < 4.78 is 1.98. The smallest absolute Gasteiger partial charge is 0.266 e. The van der Waals surface area contributed by atoms with Gasteiger partial charge in [0.1, 0.15) is 0 Å². The van der Waals surface area contributed by atoms with Gasteiger partial charge in [-0.2, -0.15) is 0 Å². The second-order valence-electron chi connectivity index (χ2n) is 3.16. The molecule has 0 saturated heterocycles. The molecule has 1 unspecified atom stereocenters. The summed E-state index contributed by atoms with van der Waals surface area (Å²) in [5, 5.41) is 12.6. The van der Waals surface area contributed by atoms with Crippen LogP contribution in [0.2, 0.25) is 0 Å². The van der Waals surface area contributed by atoms with Crippen LogP contribution in [0.5, 0.6) is 0 Å². The van der Waals surface area contributed by atoms with E-state index in [1.165, 1.54) is 17.1 Å². The second kappa shape index (κ2) is 6.19. The van der Waals surface area contributed by atoms with Crippen LogP contribution in [0.25, 0.3) is 0 Å². The molecule has 0 fully saturated rings. The van der Waals surface area contributed by atoms with Gasteiger partial charge in [-0.05, 0) is 29.1 Å². The predicted molar refractivity (Wildman–Crippen MR) is 65.8 cm³/mol. The first kappa shape index (κ1) is 12.6. The number of hydrogen-bond donors (Lipinski definition) is 2. The Balaban J connectivity index is 2.64. The molecule has 0 bridgehead atoms. The number of nitrogens with zero attached hydrogens (tertiary/aromatic N) is 2. The van der Waals surface area contributed by atoms with Gasteiger partial charge < -0.3 is 10.4 Å². The van der Waals surface area contributed by atoms with Crippen LogP contribution in [-0.2, 0) is 6.54 Å². The summed E-state index contributed by atoms with van der Waals surface area (Å²) in [5.41, 5.74) is -0.110. The molecule has 0 aliphatic rings. The molecule has 15 heavy (non-hydrogen) atoms. The van der Waals surface area contributed by atoms with Crippen molar-refractivity contribution in [1.82, 2.24) is 14.9 Å². The maximum atomic E-state index is 11.6. The zero-order valence-electron chi connectivity index (χ0n) is 8.48. The first-order valence-corrected chi connectivity index (χ1v) is 5.81. The third-order valence-electron chi connectivity index (χ3n) is 1.90. The van der Waals surface area contributed by atoms with Crippen molar-refractivity contribution < 1.29 is 5.11 Å². The number of aliphatic hydroxyl groups is 1. The van der Waals surface area contributed by atoms with Crippen LogP contribution in [0.15, 0.2) is 17.3 Å². The Morgan fingerprint density at radius 2 is 2.47 bits per heavy atom. The lowest BCUT2D eigenvalue weighted by molar-refractivity contribution is 0.150. The minimum atomic E-state index is -0.567. The molecule has 0 radical (unpaired) electrons. The van der Waals surface area contributed by atoms with Gasteiger partial charge in [0.15, 0.2) is 0 Å². The highest BCUT2D eigenvalue weighted by atomic mass is 127. The van der Waals surface area contributed by atoms with Gasteiger partial charge in [0.25, 0.3) is 5.56 Å². The Hall–Kier alpha value is -0.470. The average molecular weight is 323 g/mol. The maximum Gasteiger partial charge on any atom is 0.266 e. The van der Waals surface area contributed by atoms with E-state index >= 15 is 0 Å². The van der Waals surface area contributed by atoms with E-state index in [4.69, 9.17) is 0 Å². The van der Waals surface area contributed by atoms with E-state index in [1.807, 2.05) is 29.5 Å². The molecule has 1 atom stereocenters. The third-order valence-corrected chi connectivity index (χ3v) is 2.64. The molecule has 0 aliphatic carbocycles. The fraction of sp³-hybridized carbons (Fsp3) is 0.556. The number of hydrogen-bond acceptors (Lipinski definition) is 4. The van der Waals surface area contributed by atoms with Crippen molar-refractivity contribution in [1.29, 1.82) is 0 Å². The summed E-state index contributed by atoms with van der Waals surface area (Å²) in [6, 6.07) is 0. The Labute approximate surface area is 102 Å². The number of rotatable bonds is 5. The van der Waals surface area contributed by atoms with E-state index in [9.17, 15) is 9.90 Å². The average Bonchev–Trinajstić information content (AvgIpc) is 2.22. The Morgan fingerprint density at radius 3 is 3.13 bits per heavy atom. The summed E-state index contributed by atoms with van der Waals surface area (Å²) in [6.45, 7) is 3.52. The third kappa shape index (κ3) is 3.88. The van der Waals surface area contributed by atoms with Crippen LogP contribution in [0.1, 0.15) is 6.92 Å². The molecular formula is C9H14IN3O2. The molecule has 1 heterocycles. The largest absolute Gasteiger partial charge is 0.390 e.